The number of benzene rings is 4. The molecule has 0 bridgehead atoms. The molecular weight excluding hydrogens is 752 g/mol. The number of carbonyl (C=O) groups is 2. The highest BCUT2D eigenvalue weighted by molar-refractivity contribution is 9.10. The average molecular weight is 796 g/mol. The third kappa shape index (κ3) is 7.07. The zero-order valence-electron chi connectivity index (χ0n) is 29.8. The van der Waals surface area contributed by atoms with E-state index in [-0.39, 0.29) is 35.8 Å². The summed E-state index contributed by atoms with van der Waals surface area (Å²) in [7, 11) is -2.88. The lowest BCUT2D eigenvalue weighted by Crippen LogP contribution is -2.46. The molecule has 1 fully saturated rings. The second kappa shape index (κ2) is 14.6. The van der Waals surface area contributed by atoms with Crippen LogP contribution in [0.4, 0.5) is 17.1 Å². The SMILES string of the molecule is C[C@@H]1[C@@H]([Si](C)(C)O)[C@H](CCn2cc(C(CO)c3ccccc3)nn2)O[C@@]12C(=O)N(Cc1ccc(NC(=O)c3ccc(N)cc3)cc1)c1ccc(Br)cc12. The first-order valence-corrected chi connectivity index (χ1v) is 21.5. The number of fused-ring (bicyclic) bond motifs is 2. The molecule has 1 unspecified atom stereocenters. The number of amides is 2. The number of nitrogen functional groups attached to an aromatic ring is 1. The second-order valence-corrected chi connectivity index (χ2v) is 19.4. The van der Waals surface area contributed by atoms with Crippen molar-refractivity contribution in [2.24, 2.45) is 5.92 Å². The van der Waals surface area contributed by atoms with E-state index in [2.05, 4.69) is 31.6 Å². The molecular formula is C40H43BrN6O5Si. The molecule has 53 heavy (non-hydrogen) atoms. The summed E-state index contributed by atoms with van der Waals surface area (Å²) in [6.45, 7) is 6.50. The van der Waals surface area contributed by atoms with Crippen molar-refractivity contribution >= 4 is 53.1 Å². The number of hydrogen-bond donors (Lipinski definition) is 4. The molecule has 5 atom stereocenters. The number of hydrogen-bond acceptors (Lipinski definition) is 8. The fraction of sp³-hybridized carbons (Fsp3) is 0.300. The maximum Gasteiger partial charge on any atom is 0.264 e. The maximum absolute atomic E-state index is 14.8. The Bertz CT molecular complexity index is 2110. The van der Waals surface area contributed by atoms with Gasteiger partial charge in [-0.3, -0.25) is 14.3 Å². The monoisotopic (exact) mass is 794 g/mol. The molecule has 3 heterocycles. The predicted molar refractivity (Wildman–Crippen MR) is 210 cm³/mol. The predicted octanol–water partition coefficient (Wildman–Crippen LogP) is 6.43. The van der Waals surface area contributed by atoms with Crippen LogP contribution in [-0.4, -0.2) is 57.7 Å². The molecule has 274 valence electrons. The van der Waals surface area contributed by atoms with Gasteiger partial charge in [-0.1, -0.05) is 70.5 Å². The van der Waals surface area contributed by atoms with Crippen molar-refractivity contribution in [1.82, 2.24) is 15.0 Å². The van der Waals surface area contributed by atoms with Crippen LogP contribution in [0.15, 0.2) is 108 Å². The van der Waals surface area contributed by atoms with E-state index in [4.69, 9.17) is 10.5 Å². The second-order valence-electron chi connectivity index (χ2n) is 14.5. The highest BCUT2D eigenvalue weighted by Crippen LogP contribution is 2.60. The van der Waals surface area contributed by atoms with Crippen molar-refractivity contribution in [1.29, 1.82) is 0 Å². The number of nitrogens with two attached hydrogens (primary N) is 1. The molecule has 5 N–H and O–H groups in total. The van der Waals surface area contributed by atoms with Crippen molar-refractivity contribution in [3.8, 4) is 0 Å². The molecule has 11 nitrogen and oxygen atoms in total. The van der Waals surface area contributed by atoms with Crippen molar-refractivity contribution in [2.45, 2.75) is 62.7 Å². The summed E-state index contributed by atoms with van der Waals surface area (Å²) >= 11 is 3.63. The number of rotatable bonds is 11. The van der Waals surface area contributed by atoms with Gasteiger partial charge in [0.1, 0.15) is 0 Å². The molecule has 1 spiro atoms. The van der Waals surface area contributed by atoms with E-state index in [1.807, 2.05) is 99.0 Å². The highest BCUT2D eigenvalue weighted by atomic mass is 79.9. The Morgan fingerprint density at radius 1 is 1.06 bits per heavy atom. The van der Waals surface area contributed by atoms with Crippen LogP contribution in [-0.2, 0) is 28.2 Å². The number of nitrogens with one attached hydrogen (secondary N) is 1. The van der Waals surface area contributed by atoms with Crippen LogP contribution in [0, 0.1) is 5.92 Å². The first-order chi connectivity index (χ1) is 25.4. The number of aliphatic hydroxyl groups excluding tert-OH is 1. The van der Waals surface area contributed by atoms with Gasteiger partial charge < -0.3 is 30.6 Å². The van der Waals surface area contributed by atoms with Crippen molar-refractivity contribution in [3.05, 3.63) is 136 Å². The van der Waals surface area contributed by atoms with Crippen molar-refractivity contribution < 1.29 is 24.2 Å². The van der Waals surface area contributed by atoms with Crippen molar-refractivity contribution in [2.75, 3.05) is 22.6 Å². The number of aryl methyl sites for hydroxylation is 1. The molecule has 0 aliphatic carbocycles. The van der Waals surface area contributed by atoms with Gasteiger partial charge in [0.2, 0.25) is 0 Å². The molecule has 4 aromatic carbocycles. The average Bonchev–Trinajstić information content (AvgIpc) is 3.79. The van der Waals surface area contributed by atoms with Gasteiger partial charge in [-0.15, -0.1) is 5.10 Å². The fourth-order valence-corrected chi connectivity index (χ4v) is 11.1. The summed E-state index contributed by atoms with van der Waals surface area (Å²) in [6, 6.07) is 29.7. The molecule has 5 aromatic rings. The molecule has 7 rings (SSSR count). The molecule has 1 saturated heterocycles. The van der Waals surface area contributed by atoms with Crippen LogP contribution < -0.4 is 16.0 Å². The van der Waals surface area contributed by atoms with Gasteiger partial charge in [0.15, 0.2) is 13.9 Å². The molecule has 2 aliphatic heterocycles. The van der Waals surface area contributed by atoms with E-state index >= 15 is 0 Å². The number of aromatic nitrogens is 3. The summed E-state index contributed by atoms with van der Waals surface area (Å²) in [5, 5.41) is 21.8. The lowest BCUT2D eigenvalue weighted by atomic mass is 9.82. The zero-order chi connectivity index (χ0) is 37.5. The molecule has 0 radical (unpaired) electrons. The highest BCUT2D eigenvalue weighted by Gasteiger charge is 2.66. The largest absolute Gasteiger partial charge is 0.432 e. The number of halogens is 1. The first kappa shape index (κ1) is 36.7. The zero-order valence-corrected chi connectivity index (χ0v) is 32.4. The Kier molecular flexibility index (Phi) is 10.1. The van der Waals surface area contributed by atoms with Crippen LogP contribution in [0.5, 0.6) is 0 Å². The number of nitrogens with zero attached hydrogens (tertiary/aromatic N) is 4. The minimum absolute atomic E-state index is 0.0976. The summed E-state index contributed by atoms with van der Waals surface area (Å²) in [4.78, 5) is 41.1. The lowest BCUT2D eigenvalue weighted by molar-refractivity contribution is -0.146. The van der Waals surface area contributed by atoms with Gasteiger partial charge in [0, 0.05) is 51.2 Å². The van der Waals surface area contributed by atoms with Gasteiger partial charge in [-0.2, -0.15) is 0 Å². The smallest absolute Gasteiger partial charge is 0.264 e. The van der Waals surface area contributed by atoms with Gasteiger partial charge in [-0.05, 0) is 85.2 Å². The topological polar surface area (TPSA) is 156 Å². The fourth-order valence-electron chi connectivity index (χ4n) is 8.09. The van der Waals surface area contributed by atoms with E-state index in [0.29, 0.717) is 42.1 Å². The quantitative estimate of drug-likeness (QED) is 0.0881. The van der Waals surface area contributed by atoms with Gasteiger partial charge in [0.05, 0.1) is 36.6 Å². The lowest BCUT2D eigenvalue weighted by Gasteiger charge is -2.32. The molecule has 0 saturated carbocycles. The number of aliphatic hydroxyl groups is 1. The minimum atomic E-state index is -2.88. The third-order valence-corrected chi connectivity index (χ3v) is 13.6. The summed E-state index contributed by atoms with van der Waals surface area (Å²) in [6.07, 6.45) is 1.93. The standard InChI is InChI=1S/C40H43BrN6O5Si/c1-25-37(53(2,3)51)36(19-20-46-23-34(44-45-46)32(24-48)27-7-5-4-6-8-27)52-40(25)33-21-29(41)13-18-35(33)47(39(40)50)22-26-9-16-31(17-10-26)43-38(49)28-11-14-30(42)15-12-28/h4-18,21,23,25,32,36-37,48,51H,19-20,22,24,42H2,1-3H3,(H,43,49)/t25-,32?,36+,37-,40+/m1/s1. The van der Waals surface area contributed by atoms with Crippen LogP contribution in [0.3, 0.4) is 0 Å². The van der Waals surface area contributed by atoms with Crippen molar-refractivity contribution in [3.63, 3.8) is 0 Å². The Balaban J connectivity index is 1.12. The first-order valence-electron chi connectivity index (χ1n) is 17.7. The Morgan fingerprint density at radius 3 is 2.45 bits per heavy atom. The normalized spacial score (nSPS) is 21.6. The number of ether oxygens (including phenoxy) is 1. The van der Waals surface area contributed by atoms with Crippen LogP contribution in [0.2, 0.25) is 18.6 Å². The molecule has 1 aromatic heterocycles. The molecule has 2 amide bonds. The minimum Gasteiger partial charge on any atom is -0.432 e. The summed E-state index contributed by atoms with van der Waals surface area (Å²) < 4.78 is 9.58. The van der Waals surface area contributed by atoms with Gasteiger partial charge in [0.25, 0.3) is 11.8 Å². The van der Waals surface area contributed by atoms with E-state index in [0.717, 1.165) is 26.9 Å². The van der Waals surface area contributed by atoms with E-state index in [1.165, 1.54) is 0 Å². The van der Waals surface area contributed by atoms with Crippen LogP contribution in [0.25, 0.3) is 0 Å². The maximum atomic E-state index is 14.8. The summed E-state index contributed by atoms with van der Waals surface area (Å²) in [5.74, 6) is -1.03. The van der Waals surface area contributed by atoms with E-state index in [9.17, 15) is 19.5 Å². The summed E-state index contributed by atoms with van der Waals surface area (Å²) in [5.41, 5.74) is 9.97. The Hall–Kier alpha value is -4.66. The van der Waals surface area contributed by atoms with E-state index < -0.39 is 20.0 Å². The van der Waals surface area contributed by atoms with Crippen LogP contribution >= 0.6 is 15.9 Å². The molecule has 13 heteroatoms. The van der Waals surface area contributed by atoms with Gasteiger partial charge in [-0.25, -0.2) is 0 Å². The van der Waals surface area contributed by atoms with E-state index in [1.54, 1.807) is 33.8 Å². The Morgan fingerprint density at radius 2 is 1.77 bits per heavy atom. The Labute approximate surface area is 318 Å². The van der Waals surface area contributed by atoms with Crippen LogP contribution in [0.1, 0.15) is 52.0 Å². The number of carbonyl (C=O) groups excluding carboxylic acids is 2. The molecule has 2 aliphatic rings. The third-order valence-electron chi connectivity index (χ3n) is 10.6. The number of anilines is 3. The van der Waals surface area contributed by atoms with Gasteiger partial charge >= 0.3 is 0 Å².